The molecule has 0 aromatic carbocycles. The zero-order valence-corrected chi connectivity index (χ0v) is 37.9. The number of ether oxygens (including phenoxy) is 1. The van der Waals surface area contributed by atoms with Crippen LogP contribution in [-0.2, 0) is 4.74 Å². The van der Waals surface area contributed by atoms with Crippen LogP contribution in [0.15, 0.2) is 0 Å². The first-order valence-electron chi connectivity index (χ1n) is 28.4. The molecule has 0 aromatic heterocycles. The van der Waals surface area contributed by atoms with Crippen LogP contribution in [0, 0.1) is 118 Å². The standard InChI is InChI=1S/C57H92O/c1-3-11-36(12-4-1)40-19-20-42-28-43(22-21-41(42)27-40)46-31-47(44-23-24-51-48(29-44)30-45-17-9-10-18-50(45)51)33-49(32-46)53-26-25-52(37-13-5-2-6-14-37)56-54-34-38-15-7-8-16-39(38)35-55(54)58-57(53)56/h36-57H,1-35H2. The summed E-state index contributed by atoms with van der Waals surface area (Å²) in [6, 6.07) is 0. The van der Waals surface area contributed by atoms with Crippen LogP contribution in [0.4, 0.5) is 0 Å². The first kappa shape index (κ1) is 39.5. The van der Waals surface area contributed by atoms with Crippen LogP contribution in [0.1, 0.15) is 225 Å². The Bertz CT molecular complexity index is 1360. The molecule has 58 heavy (non-hydrogen) atoms. The SMILES string of the molecule is C1CCC(C2CCC3CC(C4CC(C5CCC6C(C5)CC5CCCCC56)CC(C5CCC(C6CCCCC6)C6C7CC8CCCCC8CC7OC56)C4)CCC3C2)CC1. The van der Waals surface area contributed by atoms with E-state index in [4.69, 9.17) is 4.74 Å². The normalized spacial score (nSPS) is 54.0. The molecule has 0 N–H and O–H groups in total. The summed E-state index contributed by atoms with van der Waals surface area (Å²) in [5, 5.41) is 0. The molecular weight excluding hydrogens is 701 g/mol. The molecule has 12 fully saturated rings. The summed E-state index contributed by atoms with van der Waals surface area (Å²) in [4.78, 5) is 0. The fraction of sp³-hybridized carbons (Fsp3) is 1.00. The molecule has 12 aliphatic rings. The van der Waals surface area contributed by atoms with Gasteiger partial charge >= 0.3 is 0 Å². The van der Waals surface area contributed by atoms with Crippen molar-refractivity contribution in [1.82, 2.24) is 0 Å². The minimum absolute atomic E-state index is 0.636. The van der Waals surface area contributed by atoms with Crippen molar-refractivity contribution in [2.45, 2.75) is 237 Å². The lowest BCUT2D eigenvalue weighted by atomic mass is 9.52. The second-order valence-corrected chi connectivity index (χ2v) is 26.0. The average molecular weight is 793 g/mol. The molecule has 1 heteroatoms. The second kappa shape index (κ2) is 17.2. The summed E-state index contributed by atoms with van der Waals surface area (Å²) in [6.07, 6.45) is 56.6. The zero-order valence-electron chi connectivity index (χ0n) is 37.9. The molecular formula is C57H92O. The van der Waals surface area contributed by atoms with Gasteiger partial charge in [0.2, 0.25) is 0 Å². The van der Waals surface area contributed by atoms with Crippen LogP contribution in [0.3, 0.4) is 0 Å². The molecule has 11 aliphatic carbocycles. The molecule has 12 rings (SSSR count). The number of rotatable bonds is 5. The van der Waals surface area contributed by atoms with Crippen molar-refractivity contribution in [1.29, 1.82) is 0 Å². The van der Waals surface area contributed by atoms with Gasteiger partial charge in [0.05, 0.1) is 12.2 Å². The lowest BCUT2D eigenvalue weighted by Gasteiger charge is -2.52. The predicted octanol–water partition coefficient (Wildman–Crippen LogP) is 15.9. The van der Waals surface area contributed by atoms with Crippen molar-refractivity contribution in [3.05, 3.63) is 0 Å². The molecule has 1 aliphatic heterocycles. The largest absolute Gasteiger partial charge is 0.374 e. The van der Waals surface area contributed by atoms with Crippen molar-refractivity contribution < 1.29 is 4.74 Å². The zero-order chi connectivity index (χ0) is 38.2. The Morgan fingerprint density at radius 3 is 1.31 bits per heavy atom. The van der Waals surface area contributed by atoms with E-state index in [9.17, 15) is 0 Å². The fourth-order valence-electron chi connectivity index (χ4n) is 21.3. The maximum atomic E-state index is 7.81. The van der Waals surface area contributed by atoms with Crippen molar-refractivity contribution in [2.75, 3.05) is 0 Å². The monoisotopic (exact) mass is 793 g/mol. The van der Waals surface area contributed by atoms with E-state index in [-0.39, 0.29) is 0 Å². The first-order valence-corrected chi connectivity index (χ1v) is 28.4. The van der Waals surface area contributed by atoms with E-state index in [2.05, 4.69) is 0 Å². The molecule has 326 valence electrons. The van der Waals surface area contributed by atoms with Gasteiger partial charge in [0.1, 0.15) is 0 Å². The lowest BCUT2D eigenvalue weighted by molar-refractivity contribution is -0.0861. The highest BCUT2D eigenvalue weighted by Crippen LogP contribution is 2.63. The van der Waals surface area contributed by atoms with Gasteiger partial charge in [-0.3, -0.25) is 0 Å². The summed E-state index contributed by atoms with van der Waals surface area (Å²) in [6.45, 7) is 0. The Morgan fingerprint density at radius 2 is 0.603 bits per heavy atom. The van der Waals surface area contributed by atoms with Gasteiger partial charge in [-0.15, -0.1) is 0 Å². The first-order chi connectivity index (χ1) is 28.7. The topological polar surface area (TPSA) is 9.23 Å². The molecule has 1 nitrogen and oxygen atoms in total. The smallest absolute Gasteiger partial charge is 0.0644 e. The van der Waals surface area contributed by atoms with E-state index in [1.807, 2.05) is 0 Å². The third-order valence-corrected chi connectivity index (χ3v) is 23.8. The van der Waals surface area contributed by atoms with Gasteiger partial charge in [0, 0.05) is 0 Å². The highest BCUT2D eigenvalue weighted by molar-refractivity contribution is 5.07. The maximum Gasteiger partial charge on any atom is 0.0644 e. The number of fused-ring (bicyclic) bond motifs is 8. The van der Waals surface area contributed by atoms with E-state index in [1.165, 1.54) is 51.4 Å². The van der Waals surface area contributed by atoms with Gasteiger partial charge in [-0.1, -0.05) is 109 Å². The molecule has 0 amide bonds. The number of hydrogen-bond acceptors (Lipinski definition) is 1. The van der Waals surface area contributed by atoms with E-state index in [0.717, 1.165) is 118 Å². The third-order valence-electron chi connectivity index (χ3n) is 23.8. The fourth-order valence-corrected chi connectivity index (χ4v) is 21.3. The molecule has 0 aromatic rings. The molecule has 0 bridgehead atoms. The Morgan fingerprint density at radius 1 is 0.207 bits per heavy atom. The van der Waals surface area contributed by atoms with E-state index < -0.39 is 0 Å². The van der Waals surface area contributed by atoms with Gasteiger partial charge in [0.15, 0.2) is 0 Å². The second-order valence-electron chi connectivity index (χ2n) is 26.0. The summed E-state index contributed by atoms with van der Waals surface area (Å²) in [5.74, 6) is 21.0. The van der Waals surface area contributed by atoms with Gasteiger partial charge < -0.3 is 4.74 Å². The Kier molecular flexibility index (Phi) is 11.7. The van der Waals surface area contributed by atoms with Crippen LogP contribution in [0.25, 0.3) is 0 Å². The van der Waals surface area contributed by atoms with Gasteiger partial charge in [-0.05, 0) is 234 Å². The highest BCUT2D eigenvalue weighted by atomic mass is 16.5. The van der Waals surface area contributed by atoms with Crippen LogP contribution >= 0.6 is 0 Å². The Hall–Kier alpha value is -0.0400. The van der Waals surface area contributed by atoms with Crippen LogP contribution in [0.5, 0.6) is 0 Å². The Labute approximate surface area is 358 Å². The predicted molar refractivity (Wildman–Crippen MR) is 240 cm³/mol. The molecule has 1 heterocycles. The van der Waals surface area contributed by atoms with Gasteiger partial charge in [-0.2, -0.15) is 0 Å². The maximum absolute atomic E-state index is 7.81. The molecule has 0 radical (unpaired) electrons. The molecule has 1 saturated heterocycles. The summed E-state index contributed by atoms with van der Waals surface area (Å²) in [7, 11) is 0. The van der Waals surface area contributed by atoms with Crippen molar-refractivity contribution in [3.8, 4) is 0 Å². The lowest BCUT2D eigenvalue weighted by Crippen LogP contribution is -2.48. The molecule has 20 unspecified atom stereocenters. The third kappa shape index (κ3) is 7.52. The minimum Gasteiger partial charge on any atom is -0.374 e. The summed E-state index contributed by atoms with van der Waals surface area (Å²) in [5.41, 5.74) is 0. The highest BCUT2D eigenvalue weighted by Gasteiger charge is 2.59. The van der Waals surface area contributed by atoms with E-state index in [1.54, 1.807) is 173 Å². The average Bonchev–Trinajstić information content (AvgIpc) is 3.86. The van der Waals surface area contributed by atoms with E-state index >= 15 is 0 Å². The molecule has 20 atom stereocenters. The minimum atomic E-state index is 0.636. The van der Waals surface area contributed by atoms with Crippen LogP contribution < -0.4 is 0 Å². The molecule has 0 spiro atoms. The van der Waals surface area contributed by atoms with Gasteiger partial charge in [-0.25, -0.2) is 0 Å². The quantitative estimate of drug-likeness (QED) is 0.269. The van der Waals surface area contributed by atoms with Gasteiger partial charge in [0.25, 0.3) is 0 Å². The molecule has 11 saturated carbocycles. The van der Waals surface area contributed by atoms with Crippen molar-refractivity contribution in [2.24, 2.45) is 118 Å². The van der Waals surface area contributed by atoms with Crippen LogP contribution in [0.2, 0.25) is 0 Å². The van der Waals surface area contributed by atoms with Crippen LogP contribution in [-0.4, -0.2) is 12.2 Å². The number of hydrogen-bond donors (Lipinski definition) is 0. The van der Waals surface area contributed by atoms with E-state index in [0.29, 0.717) is 12.2 Å². The summed E-state index contributed by atoms with van der Waals surface area (Å²) < 4.78 is 7.81. The Balaban J connectivity index is 0.797. The summed E-state index contributed by atoms with van der Waals surface area (Å²) >= 11 is 0. The van der Waals surface area contributed by atoms with Crippen molar-refractivity contribution in [3.63, 3.8) is 0 Å². The van der Waals surface area contributed by atoms with Crippen molar-refractivity contribution >= 4 is 0 Å².